The predicted octanol–water partition coefficient (Wildman–Crippen LogP) is -1.58. The number of carbonyl (C=O) groups excluding carboxylic acids is 5. The highest BCUT2D eigenvalue weighted by Crippen LogP contribution is 2.21. The third kappa shape index (κ3) is 14.3. The number of nitrogens with zero attached hydrogens (tertiary/aromatic N) is 2. The third-order valence-corrected chi connectivity index (χ3v) is 9.95. The van der Waals surface area contributed by atoms with Crippen LogP contribution in [0.1, 0.15) is 56.1 Å². The number of aromatic amines is 2. The lowest BCUT2D eigenvalue weighted by Crippen LogP contribution is -2.58. The fourth-order valence-corrected chi connectivity index (χ4v) is 6.68. The van der Waals surface area contributed by atoms with Crippen molar-refractivity contribution < 1.29 is 24.0 Å². The number of primary amides is 1. The van der Waals surface area contributed by atoms with E-state index in [1.807, 2.05) is 48.5 Å². The number of hydrogen-bond donors (Lipinski definition) is 13. The van der Waals surface area contributed by atoms with E-state index in [4.69, 9.17) is 40.1 Å². The Morgan fingerprint density at radius 1 is 0.550 bits per heavy atom. The Morgan fingerprint density at radius 2 is 1.02 bits per heavy atom. The molecule has 0 spiro atoms. The highest BCUT2D eigenvalue weighted by atomic mass is 16.2. The van der Waals surface area contributed by atoms with Gasteiger partial charge in [0.15, 0.2) is 11.9 Å². The molecule has 0 aliphatic carbocycles. The molecule has 20 heteroatoms. The first-order valence-electron chi connectivity index (χ1n) is 19.9. The predicted molar refractivity (Wildman–Crippen MR) is 232 cm³/mol. The normalized spacial score (nSPS) is 13.6. The summed E-state index contributed by atoms with van der Waals surface area (Å²) in [5.41, 5.74) is 42.7. The van der Waals surface area contributed by atoms with E-state index < -0.39 is 53.8 Å². The molecular formula is C40H59N15O5. The zero-order chi connectivity index (χ0) is 43.6. The van der Waals surface area contributed by atoms with Gasteiger partial charge in [0.25, 0.3) is 0 Å². The minimum Gasteiger partial charge on any atom is -0.370 e. The van der Waals surface area contributed by atoms with Gasteiger partial charge in [0, 0.05) is 66.7 Å². The summed E-state index contributed by atoms with van der Waals surface area (Å²) in [6.45, 7) is 0.860. The van der Waals surface area contributed by atoms with Crippen LogP contribution >= 0.6 is 0 Å². The quantitative estimate of drug-likeness (QED) is 0.0205. The van der Waals surface area contributed by atoms with Crippen molar-refractivity contribution in [1.82, 2.24) is 31.2 Å². The van der Waals surface area contributed by atoms with Crippen LogP contribution in [0.25, 0.3) is 21.8 Å². The SMILES string of the molecule is NC(=O)[C@H](Cc1c[nH]c2ccccc12)NC(=O)[C@H](Cc1c[nH]c2ccccc12)NC(=O)[C@H](CCCCNC(=O)[C@@H](N)CCCN=C(N)N)NC(=O)[C@@H](N)CCCN=C(N)N. The molecule has 2 aromatic heterocycles. The van der Waals surface area contributed by atoms with E-state index in [2.05, 4.69) is 41.2 Å². The maximum Gasteiger partial charge on any atom is 0.243 e. The molecule has 0 saturated carbocycles. The molecule has 0 bridgehead atoms. The number of amides is 5. The number of hydrogen-bond acceptors (Lipinski definition) is 9. The molecule has 0 unspecified atom stereocenters. The zero-order valence-corrected chi connectivity index (χ0v) is 33.6. The van der Waals surface area contributed by atoms with Gasteiger partial charge in [0.2, 0.25) is 29.5 Å². The number of H-pyrrole nitrogens is 2. The Balaban J connectivity index is 1.49. The molecule has 4 aromatic rings. The van der Waals surface area contributed by atoms with Gasteiger partial charge in [0.05, 0.1) is 12.1 Å². The molecule has 4 rings (SSSR count). The summed E-state index contributed by atoms with van der Waals surface area (Å²) in [6, 6.07) is 9.82. The number of carbonyl (C=O) groups is 5. The molecule has 60 heavy (non-hydrogen) atoms. The Kier molecular flexibility index (Phi) is 17.7. The topological polar surface area (TPSA) is 372 Å². The van der Waals surface area contributed by atoms with Gasteiger partial charge in [0.1, 0.15) is 18.1 Å². The van der Waals surface area contributed by atoms with E-state index in [-0.39, 0.29) is 56.6 Å². The molecule has 20 N–H and O–H groups in total. The van der Waals surface area contributed by atoms with Crippen LogP contribution in [-0.2, 0) is 36.8 Å². The molecule has 324 valence electrons. The fourth-order valence-electron chi connectivity index (χ4n) is 6.68. The van der Waals surface area contributed by atoms with Crippen molar-refractivity contribution in [2.24, 2.45) is 50.1 Å². The number of nitrogens with two attached hydrogens (primary N) is 7. The Labute approximate surface area is 347 Å². The molecule has 2 aromatic carbocycles. The van der Waals surface area contributed by atoms with Crippen LogP contribution in [0, 0.1) is 0 Å². The number of aromatic nitrogens is 2. The second-order valence-corrected chi connectivity index (χ2v) is 14.6. The standard InChI is InChI=1S/C40H59N15O5/c41-27(11-7-17-49-39(44)45)35(57)48-16-6-5-15-31(53-36(58)28(42)12-8-18-50-40(46)47)37(59)55-33(20-24-22-52-30-14-4-2-10-26(24)30)38(60)54-32(34(43)56)19-23-21-51-29-13-3-1-9-25(23)29/h1-4,9-10,13-14,21-22,27-28,31-33,51-52H,5-8,11-12,15-20,41-42H2,(H2,43,56)(H,48,57)(H,53,58)(H,54,60)(H,55,59)(H4,44,45,49)(H4,46,47,50)/t27-,28-,31-,32-,33-/m0/s1. The zero-order valence-electron chi connectivity index (χ0n) is 33.6. The van der Waals surface area contributed by atoms with E-state index in [1.165, 1.54) is 0 Å². The number of benzene rings is 2. The van der Waals surface area contributed by atoms with E-state index in [0.717, 1.165) is 32.9 Å². The first-order chi connectivity index (χ1) is 28.7. The first-order valence-corrected chi connectivity index (χ1v) is 19.9. The van der Waals surface area contributed by atoms with E-state index in [9.17, 15) is 24.0 Å². The molecule has 0 aliphatic heterocycles. The van der Waals surface area contributed by atoms with Crippen LogP contribution in [0.4, 0.5) is 0 Å². The summed E-state index contributed by atoms with van der Waals surface area (Å²) in [6.07, 6.45) is 6.11. The van der Waals surface area contributed by atoms with Crippen molar-refractivity contribution in [3.63, 3.8) is 0 Å². The first kappa shape index (κ1) is 46.0. The highest BCUT2D eigenvalue weighted by molar-refractivity contribution is 5.96. The summed E-state index contributed by atoms with van der Waals surface area (Å²) < 4.78 is 0. The van der Waals surface area contributed by atoms with Crippen LogP contribution in [0.2, 0.25) is 0 Å². The van der Waals surface area contributed by atoms with Crippen molar-refractivity contribution in [2.75, 3.05) is 19.6 Å². The summed E-state index contributed by atoms with van der Waals surface area (Å²) in [5, 5.41) is 12.8. The lowest BCUT2D eigenvalue weighted by molar-refractivity contribution is -0.133. The number of nitrogens with one attached hydrogen (secondary N) is 6. The number of rotatable bonds is 25. The van der Waals surface area contributed by atoms with Gasteiger partial charge in [-0.2, -0.15) is 0 Å². The van der Waals surface area contributed by atoms with Gasteiger partial charge in [-0.05, 0) is 68.2 Å². The molecule has 5 amide bonds. The average molecular weight is 830 g/mol. The van der Waals surface area contributed by atoms with Crippen molar-refractivity contribution in [3.05, 3.63) is 72.1 Å². The lowest BCUT2D eigenvalue weighted by Gasteiger charge is -2.25. The van der Waals surface area contributed by atoms with Crippen molar-refractivity contribution in [3.8, 4) is 0 Å². The van der Waals surface area contributed by atoms with E-state index in [1.54, 1.807) is 12.4 Å². The van der Waals surface area contributed by atoms with Crippen molar-refractivity contribution in [2.45, 2.75) is 88.0 Å². The van der Waals surface area contributed by atoms with Gasteiger partial charge in [-0.3, -0.25) is 34.0 Å². The molecular weight excluding hydrogens is 771 g/mol. The monoisotopic (exact) mass is 829 g/mol. The number of fused-ring (bicyclic) bond motifs is 2. The number of unbranched alkanes of at least 4 members (excludes halogenated alkanes) is 1. The van der Waals surface area contributed by atoms with E-state index in [0.29, 0.717) is 38.6 Å². The summed E-state index contributed by atoms with van der Waals surface area (Å²) >= 11 is 0. The Hall–Kier alpha value is -6.67. The maximum atomic E-state index is 14.2. The molecule has 2 heterocycles. The van der Waals surface area contributed by atoms with Crippen LogP contribution in [0.3, 0.4) is 0 Å². The number of guanidine groups is 2. The van der Waals surface area contributed by atoms with Gasteiger partial charge in [-0.1, -0.05) is 36.4 Å². The lowest BCUT2D eigenvalue weighted by atomic mass is 10.0. The minimum atomic E-state index is -1.21. The van der Waals surface area contributed by atoms with Crippen LogP contribution in [0.5, 0.6) is 0 Å². The fraction of sp³-hybridized carbons (Fsp3) is 0.425. The smallest absolute Gasteiger partial charge is 0.243 e. The number of para-hydroxylation sites is 2. The molecule has 0 fully saturated rings. The van der Waals surface area contributed by atoms with Crippen molar-refractivity contribution in [1.29, 1.82) is 0 Å². The second-order valence-electron chi connectivity index (χ2n) is 14.6. The molecule has 0 saturated heterocycles. The maximum absolute atomic E-state index is 14.2. The van der Waals surface area contributed by atoms with Crippen molar-refractivity contribution >= 4 is 63.3 Å². The minimum absolute atomic E-state index is 0.0311. The van der Waals surface area contributed by atoms with Gasteiger partial charge in [-0.25, -0.2) is 0 Å². The van der Waals surface area contributed by atoms with Gasteiger partial charge >= 0.3 is 0 Å². The molecule has 0 radical (unpaired) electrons. The Morgan fingerprint density at radius 3 is 1.55 bits per heavy atom. The molecule has 20 nitrogen and oxygen atoms in total. The summed E-state index contributed by atoms with van der Waals surface area (Å²) in [5.74, 6) is -3.14. The van der Waals surface area contributed by atoms with E-state index >= 15 is 0 Å². The largest absolute Gasteiger partial charge is 0.370 e. The molecule has 0 aliphatic rings. The van der Waals surface area contributed by atoms with Gasteiger partial charge in [-0.15, -0.1) is 0 Å². The Bertz CT molecular complexity index is 2120. The second kappa shape index (κ2) is 23.1. The summed E-state index contributed by atoms with van der Waals surface area (Å²) in [7, 11) is 0. The van der Waals surface area contributed by atoms with Crippen LogP contribution in [-0.4, -0.2) is 101 Å². The van der Waals surface area contributed by atoms with Crippen LogP contribution in [0.15, 0.2) is 70.9 Å². The highest BCUT2D eigenvalue weighted by Gasteiger charge is 2.31. The molecule has 5 atom stereocenters. The van der Waals surface area contributed by atoms with Crippen LogP contribution < -0.4 is 61.4 Å². The third-order valence-electron chi connectivity index (χ3n) is 9.95. The van der Waals surface area contributed by atoms with Gasteiger partial charge < -0.3 is 71.4 Å². The number of aliphatic imine (C=N–C) groups is 2. The summed E-state index contributed by atoms with van der Waals surface area (Å²) in [4.78, 5) is 81.2. The average Bonchev–Trinajstić information content (AvgIpc) is 3.83.